The van der Waals surface area contributed by atoms with Crippen molar-refractivity contribution in [1.29, 1.82) is 0 Å². The molecule has 0 unspecified atom stereocenters. The molecular formula is C18H26N2O5S. The summed E-state index contributed by atoms with van der Waals surface area (Å²) < 4.78 is 22.5. The fraction of sp³-hybridized carbons (Fsp3) is 0.722. The first-order valence-corrected chi connectivity index (χ1v) is 9.99. The van der Waals surface area contributed by atoms with Crippen LogP contribution in [-0.4, -0.2) is 55.2 Å². The van der Waals surface area contributed by atoms with Crippen LogP contribution in [0.4, 0.5) is 0 Å². The van der Waals surface area contributed by atoms with Crippen molar-refractivity contribution in [3.8, 4) is 0 Å². The fourth-order valence-electron chi connectivity index (χ4n) is 3.98. The van der Waals surface area contributed by atoms with Gasteiger partial charge in [0.15, 0.2) is 17.2 Å². The molecule has 1 spiro atoms. The summed E-state index contributed by atoms with van der Waals surface area (Å²) in [7, 11) is 3.13. The van der Waals surface area contributed by atoms with Gasteiger partial charge in [-0.05, 0) is 26.0 Å². The zero-order valence-electron chi connectivity index (χ0n) is 15.7. The number of carbonyl (C=O) groups excluding carboxylic acids is 1. The standard InChI is InChI=1S/C18H26N2O5S/c1-12(21)17(5-7-18(8-6-17)24-9-10-25-18)14-13(15(22-2)23-3)11-19-16(20-14)26-4/h11,15H,5-10H2,1-4H3. The first kappa shape index (κ1) is 19.7. The lowest BCUT2D eigenvalue weighted by molar-refractivity contribution is -0.186. The SMILES string of the molecule is COC(OC)c1cnc(SC)nc1C1(C(C)=O)CCC2(CC1)OCCO2. The van der Waals surface area contributed by atoms with E-state index in [9.17, 15) is 4.79 Å². The predicted molar refractivity (Wildman–Crippen MR) is 96.0 cm³/mol. The predicted octanol–water partition coefficient (Wildman–Crippen LogP) is 2.63. The highest BCUT2D eigenvalue weighted by molar-refractivity contribution is 7.98. The maximum Gasteiger partial charge on any atom is 0.187 e. The van der Waals surface area contributed by atoms with Crippen molar-refractivity contribution in [1.82, 2.24) is 9.97 Å². The van der Waals surface area contributed by atoms with Crippen LogP contribution in [0.1, 0.15) is 50.2 Å². The highest BCUT2D eigenvalue weighted by atomic mass is 32.2. The Bertz CT molecular complexity index is 649. The van der Waals surface area contributed by atoms with E-state index in [1.807, 2.05) is 6.26 Å². The Balaban J connectivity index is 2.03. The average Bonchev–Trinajstić information content (AvgIpc) is 3.12. The summed E-state index contributed by atoms with van der Waals surface area (Å²) in [6.45, 7) is 2.85. The van der Waals surface area contributed by atoms with E-state index in [-0.39, 0.29) is 5.78 Å². The van der Waals surface area contributed by atoms with Crippen molar-refractivity contribution in [2.45, 2.75) is 55.3 Å². The van der Waals surface area contributed by atoms with E-state index in [1.54, 1.807) is 27.3 Å². The average molecular weight is 382 g/mol. The van der Waals surface area contributed by atoms with Gasteiger partial charge >= 0.3 is 0 Å². The molecule has 144 valence electrons. The van der Waals surface area contributed by atoms with E-state index < -0.39 is 17.5 Å². The molecule has 0 aromatic carbocycles. The Morgan fingerprint density at radius 2 is 1.81 bits per heavy atom. The van der Waals surface area contributed by atoms with Gasteiger partial charge in [-0.1, -0.05) is 11.8 Å². The molecule has 8 heteroatoms. The van der Waals surface area contributed by atoms with Crippen LogP contribution in [0.25, 0.3) is 0 Å². The lowest BCUT2D eigenvalue weighted by Gasteiger charge is -2.42. The molecule has 1 aromatic heterocycles. The minimum Gasteiger partial charge on any atom is -0.352 e. The number of ketones is 1. The quantitative estimate of drug-likeness (QED) is 0.422. The number of nitrogens with zero attached hydrogens (tertiary/aromatic N) is 2. The van der Waals surface area contributed by atoms with Crippen LogP contribution in [0.15, 0.2) is 11.4 Å². The van der Waals surface area contributed by atoms with Crippen LogP contribution in [0, 0.1) is 0 Å². The summed E-state index contributed by atoms with van der Waals surface area (Å²) in [6.07, 6.45) is 5.56. The lowest BCUT2D eigenvalue weighted by atomic mass is 9.66. The molecular weight excluding hydrogens is 356 g/mol. The summed E-state index contributed by atoms with van der Waals surface area (Å²) in [5.41, 5.74) is 0.691. The number of aromatic nitrogens is 2. The first-order chi connectivity index (χ1) is 12.5. The van der Waals surface area contributed by atoms with Gasteiger partial charge < -0.3 is 18.9 Å². The first-order valence-electron chi connectivity index (χ1n) is 8.76. The van der Waals surface area contributed by atoms with Crippen molar-refractivity contribution in [3.05, 3.63) is 17.5 Å². The van der Waals surface area contributed by atoms with Gasteiger partial charge in [0.1, 0.15) is 5.78 Å². The largest absolute Gasteiger partial charge is 0.352 e. The summed E-state index contributed by atoms with van der Waals surface area (Å²) in [4.78, 5) is 21.9. The number of carbonyl (C=O) groups is 1. The van der Waals surface area contributed by atoms with E-state index in [2.05, 4.69) is 4.98 Å². The van der Waals surface area contributed by atoms with Crippen molar-refractivity contribution in [2.24, 2.45) is 0 Å². The van der Waals surface area contributed by atoms with Gasteiger partial charge in [-0.2, -0.15) is 0 Å². The normalized spacial score (nSPS) is 21.4. The fourth-order valence-corrected chi connectivity index (χ4v) is 4.32. The smallest absolute Gasteiger partial charge is 0.187 e. The second-order valence-corrected chi connectivity index (χ2v) is 7.48. The highest BCUT2D eigenvalue weighted by Crippen LogP contribution is 2.48. The Morgan fingerprint density at radius 3 is 2.31 bits per heavy atom. The molecule has 1 aromatic rings. The number of hydrogen-bond donors (Lipinski definition) is 0. The number of methoxy groups -OCH3 is 2. The van der Waals surface area contributed by atoms with Gasteiger partial charge in [-0.25, -0.2) is 9.97 Å². The molecule has 0 radical (unpaired) electrons. The van der Waals surface area contributed by atoms with E-state index in [1.165, 1.54) is 11.8 Å². The van der Waals surface area contributed by atoms with E-state index >= 15 is 0 Å². The van der Waals surface area contributed by atoms with Crippen LogP contribution in [-0.2, 0) is 29.2 Å². The summed E-state index contributed by atoms with van der Waals surface area (Å²) >= 11 is 1.45. The number of Topliss-reactive ketones (excluding diaryl/α,β-unsaturated/α-hetero) is 1. The second kappa shape index (κ2) is 7.90. The van der Waals surface area contributed by atoms with Gasteiger partial charge in [0.05, 0.1) is 24.3 Å². The molecule has 2 fully saturated rings. The van der Waals surface area contributed by atoms with Crippen LogP contribution in [0.2, 0.25) is 0 Å². The molecule has 0 atom stereocenters. The van der Waals surface area contributed by atoms with Crippen LogP contribution in [0.5, 0.6) is 0 Å². The third kappa shape index (κ3) is 3.41. The van der Waals surface area contributed by atoms with Gasteiger partial charge in [0.2, 0.25) is 0 Å². The molecule has 0 N–H and O–H groups in total. The second-order valence-electron chi connectivity index (χ2n) is 6.71. The highest BCUT2D eigenvalue weighted by Gasteiger charge is 2.51. The van der Waals surface area contributed by atoms with Gasteiger partial charge in [0, 0.05) is 38.8 Å². The minimum atomic E-state index is -0.710. The lowest BCUT2D eigenvalue weighted by Crippen LogP contribution is -2.47. The van der Waals surface area contributed by atoms with E-state index in [4.69, 9.17) is 23.9 Å². The molecule has 0 amide bonds. The number of thioether (sulfide) groups is 1. The van der Waals surface area contributed by atoms with Crippen molar-refractivity contribution >= 4 is 17.5 Å². The molecule has 3 rings (SSSR count). The molecule has 26 heavy (non-hydrogen) atoms. The number of hydrogen-bond acceptors (Lipinski definition) is 8. The van der Waals surface area contributed by atoms with Gasteiger partial charge in [-0.3, -0.25) is 4.79 Å². The third-order valence-electron chi connectivity index (χ3n) is 5.47. The topological polar surface area (TPSA) is 79.8 Å². The monoisotopic (exact) mass is 382 g/mol. The Kier molecular flexibility index (Phi) is 5.98. The Labute approximate surface area is 158 Å². The molecule has 1 saturated carbocycles. The zero-order chi connectivity index (χ0) is 18.8. The molecule has 1 saturated heterocycles. The Morgan fingerprint density at radius 1 is 1.19 bits per heavy atom. The van der Waals surface area contributed by atoms with E-state index in [0.29, 0.717) is 55.3 Å². The summed E-state index contributed by atoms with van der Waals surface area (Å²) in [5, 5.41) is 0.629. The summed E-state index contributed by atoms with van der Waals surface area (Å²) in [6, 6.07) is 0. The molecule has 2 aliphatic rings. The minimum absolute atomic E-state index is 0.0864. The molecule has 2 heterocycles. The van der Waals surface area contributed by atoms with Crippen LogP contribution >= 0.6 is 11.8 Å². The summed E-state index contributed by atoms with van der Waals surface area (Å²) in [5.74, 6) is -0.459. The van der Waals surface area contributed by atoms with Crippen molar-refractivity contribution in [3.63, 3.8) is 0 Å². The Hall–Kier alpha value is -1.06. The molecule has 0 bridgehead atoms. The van der Waals surface area contributed by atoms with Crippen molar-refractivity contribution < 1.29 is 23.7 Å². The van der Waals surface area contributed by atoms with Gasteiger partial charge in [-0.15, -0.1) is 0 Å². The third-order valence-corrected chi connectivity index (χ3v) is 6.03. The molecule has 7 nitrogen and oxygen atoms in total. The van der Waals surface area contributed by atoms with Crippen LogP contribution in [0.3, 0.4) is 0 Å². The number of ether oxygens (including phenoxy) is 4. The maximum atomic E-state index is 12.8. The van der Waals surface area contributed by atoms with E-state index in [0.717, 1.165) is 0 Å². The van der Waals surface area contributed by atoms with Crippen LogP contribution < -0.4 is 0 Å². The van der Waals surface area contributed by atoms with Crippen molar-refractivity contribution in [2.75, 3.05) is 33.7 Å². The van der Waals surface area contributed by atoms with Gasteiger partial charge in [0.25, 0.3) is 0 Å². The molecule has 1 aliphatic heterocycles. The maximum absolute atomic E-state index is 12.8. The zero-order valence-corrected chi connectivity index (χ0v) is 16.6. The molecule has 1 aliphatic carbocycles. The number of rotatable bonds is 6.